The van der Waals surface area contributed by atoms with Gasteiger partial charge in [0.15, 0.2) is 0 Å². The monoisotopic (exact) mass is 575 g/mol. The van der Waals surface area contributed by atoms with E-state index >= 15 is 0 Å². The maximum Gasteiger partial charge on any atom is 0.245 e. The number of hydrogen-bond acceptors (Lipinski definition) is 7. The second kappa shape index (κ2) is 11.2. The molecular weight excluding hydrogens is 538 g/mol. The van der Waals surface area contributed by atoms with Crippen LogP contribution in [-0.4, -0.2) is 59.0 Å². The summed E-state index contributed by atoms with van der Waals surface area (Å²) in [5.74, 6) is 0.596. The van der Waals surface area contributed by atoms with Crippen molar-refractivity contribution >= 4 is 33.1 Å². The van der Waals surface area contributed by atoms with Gasteiger partial charge in [-0.25, -0.2) is 22.6 Å². The fourth-order valence-corrected chi connectivity index (χ4v) is 6.89. The Morgan fingerprint density at radius 3 is 2.51 bits per heavy atom. The molecule has 4 aromatic rings. The van der Waals surface area contributed by atoms with Crippen LogP contribution >= 0.6 is 0 Å². The summed E-state index contributed by atoms with van der Waals surface area (Å²) in [5.41, 5.74) is 10.4. The Bertz CT molecular complexity index is 1680. The number of rotatable bonds is 8. The van der Waals surface area contributed by atoms with Crippen LogP contribution < -0.4 is 15.8 Å². The predicted molar refractivity (Wildman–Crippen MR) is 161 cm³/mol. The third-order valence-corrected chi connectivity index (χ3v) is 8.97. The molecule has 41 heavy (non-hydrogen) atoms. The fourth-order valence-electron chi connectivity index (χ4n) is 5.43. The average Bonchev–Trinajstić information content (AvgIpc) is 3.31. The normalized spacial score (nSPS) is 15.3. The number of anilines is 2. The molecule has 0 atom stereocenters. The Morgan fingerprint density at radius 1 is 1.07 bits per heavy atom. The summed E-state index contributed by atoms with van der Waals surface area (Å²) >= 11 is 0. The van der Waals surface area contributed by atoms with Gasteiger partial charge in [-0.3, -0.25) is 9.69 Å². The van der Waals surface area contributed by atoms with Gasteiger partial charge in [-0.1, -0.05) is 18.2 Å². The van der Waals surface area contributed by atoms with Gasteiger partial charge in [0.05, 0.1) is 28.8 Å². The van der Waals surface area contributed by atoms with E-state index in [0.29, 0.717) is 18.4 Å². The molecule has 0 unspecified atom stereocenters. The molecular formula is C30H37N7O3S. The minimum Gasteiger partial charge on any atom is -0.369 e. The van der Waals surface area contributed by atoms with E-state index < -0.39 is 15.6 Å². The first-order chi connectivity index (χ1) is 19.4. The number of sulfonamides is 1. The van der Waals surface area contributed by atoms with Crippen molar-refractivity contribution in [2.75, 3.05) is 25.0 Å². The Labute approximate surface area is 241 Å². The Balaban J connectivity index is 1.35. The second-order valence-electron chi connectivity index (χ2n) is 11.7. The number of primary amides is 1. The molecule has 1 aliphatic heterocycles. The van der Waals surface area contributed by atoms with Crippen molar-refractivity contribution in [3.63, 3.8) is 0 Å². The third-order valence-electron chi connectivity index (χ3n) is 7.21. The van der Waals surface area contributed by atoms with Crippen molar-refractivity contribution in [3.05, 3.63) is 71.9 Å². The SMILES string of the molecule is Cc1cc(Nc2ncc3ccc(-c4cccc(S(=O)(=O)NC(C)(C)C)c4)n3n2)ccc1C1CCN(CC(N)=O)CC1. The van der Waals surface area contributed by atoms with Crippen LogP contribution in [0.15, 0.2) is 65.7 Å². The van der Waals surface area contributed by atoms with E-state index in [1.54, 1.807) is 28.9 Å². The number of piperidine rings is 1. The number of aryl methyl sites for hydroxylation is 1. The first-order valence-corrected chi connectivity index (χ1v) is 15.2. The number of nitrogens with two attached hydrogens (primary N) is 1. The van der Waals surface area contributed by atoms with Gasteiger partial charge in [0.1, 0.15) is 0 Å². The number of likely N-dealkylation sites (tertiary alicyclic amines) is 1. The summed E-state index contributed by atoms with van der Waals surface area (Å²) in [6, 6.07) is 17.0. The van der Waals surface area contributed by atoms with Crippen LogP contribution in [0.25, 0.3) is 16.8 Å². The van der Waals surface area contributed by atoms with Crippen molar-refractivity contribution < 1.29 is 13.2 Å². The van der Waals surface area contributed by atoms with E-state index in [2.05, 4.69) is 39.0 Å². The van der Waals surface area contributed by atoms with Gasteiger partial charge in [-0.05, 0) is 107 Å². The van der Waals surface area contributed by atoms with Gasteiger partial charge in [0, 0.05) is 16.8 Å². The number of hydrogen-bond donors (Lipinski definition) is 3. The van der Waals surface area contributed by atoms with Crippen LogP contribution in [0.1, 0.15) is 50.7 Å². The van der Waals surface area contributed by atoms with E-state index in [1.165, 1.54) is 11.1 Å². The number of aromatic nitrogens is 3. The number of nitrogens with zero attached hydrogens (tertiary/aromatic N) is 4. The maximum absolute atomic E-state index is 12.9. The fraction of sp³-hybridized carbons (Fsp3) is 0.367. The molecule has 0 aliphatic carbocycles. The molecule has 4 N–H and O–H groups in total. The molecule has 10 nitrogen and oxygen atoms in total. The van der Waals surface area contributed by atoms with Crippen LogP contribution in [0.3, 0.4) is 0 Å². The first-order valence-electron chi connectivity index (χ1n) is 13.8. The first kappa shape index (κ1) is 28.7. The van der Waals surface area contributed by atoms with Gasteiger partial charge >= 0.3 is 0 Å². The molecule has 1 aliphatic rings. The number of fused-ring (bicyclic) bond motifs is 1. The van der Waals surface area contributed by atoms with Crippen LogP contribution in [0.5, 0.6) is 0 Å². The van der Waals surface area contributed by atoms with Crippen LogP contribution in [0.2, 0.25) is 0 Å². The average molecular weight is 576 g/mol. The van der Waals surface area contributed by atoms with E-state index in [0.717, 1.165) is 48.4 Å². The third kappa shape index (κ3) is 6.75. The topological polar surface area (TPSA) is 135 Å². The summed E-state index contributed by atoms with van der Waals surface area (Å²) in [6.45, 7) is 9.59. The Kier molecular flexibility index (Phi) is 7.87. The Morgan fingerprint density at radius 2 is 1.83 bits per heavy atom. The van der Waals surface area contributed by atoms with Crippen LogP contribution in [0, 0.1) is 6.92 Å². The van der Waals surface area contributed by atoms with Gasteiger partial charge in [-0.2, -0.15) is 0 Å². The summed E-state index contributed by atoms with van der Waals surface area (Å²) < 4.78 is 30.3. The molecule has 1 saturated heterocycles. The number of carbonyl (C=O) groups excluding carboxylic acids is 1. The van der Waals surface area contributed by atoms with Crippen molar-refractivity contribution in [2.45, 2.75) is 56.9 Å². The van der Waals surface area contributed by atoms with Crippen molar-refractivity contribution in [1.29, 1.82) is 0 Å². The summed E-state index contributed by atoms with van der Waals surface area (Å²) in [7, 11) is -3.68. The van der Waals surface area contributed by atoms with Crippen molar-refractivity contribution in [3.8, 4) is 11.3 Å². The van der Waals surface area contributed by atoms with Gasteiger partial charge < -0.3 is 11.1 Å². The molecule has 1 fully saturated rings. The lowest BCUT2D eigenvalue weighted by molar-refractivity contribution is -0.119. The van der Waals surface area contributed by atoms with Gasteiger partial charge in [0.2, 0.25) is 21.9 Å². The lowest BCUT2D eigenvalue weighted by Crippen LogP contribution is -2.40. The number of amides is 1. The zero-order chi connectivity index (χ0) is 29.4. The highest BCUT2D eigenvalue weighted by atomic mass is 32.2. The highest BCUT2D eigenvalue weighted by molar-refractivity contribution is 7.89. The van der Waals surface area contributed by atoms with Crippen LogP contribution in [0.4, 0.5) is 11.6 Å². The lowest BCUT2D eigenvalue weighted by Gasteiger charge is -2.32. The summed E-state index contributed by atoms with van der Waals surface area (Å²) in [5, 5.41) is 8.04. The quantitative estimate of drug-likeness (QED) is 0.287. The molecule has 5 rings (SSSR count). The predicted octanol–water partition coefficient (Wildman–Crippen LogP) is 4.19. The molecule has 2 aromatic carbocycles. The summed E-state index contributed by atoms with van der Waals surface area (Å²) in [6.07, 6.45) is 3.72. The molecule has 216 valence electrons. The molecule has 3 heterocycles. The number of carbonyl (C=O) groups is 1. The minimum absolute atomic E-state index is 0.196. The Hall–Kier alpha value is -3.80. The highest BCUT2D eigenvalue weighted by Crippen LogP contribution is 2.32. The van der Waals surface area contributed by atoms with Gasteiger partial charge in [-0.15, -0.1) is 5.10 Å². The summed E-state index contributed by atoms with van der Waals surface area (Å²) in [4.78, 5) is 18.0. The van der Waals surface area contributed by atoms with Crippen molar-refractivity contribution in [1.82, 2.24) is 24.2 Å². The lowest BCUT2D eigenvalue weighted by atomic mass is 9.86. The smallest absolute Gasteiger partial charge is 0.245 e. The van der Waals surface area contributed by atoms with E-state index in [1.807, 2.05) is 45.0 Å². The largest absolute Gasteiger partial charge is 0.369 e. The maximum atomic E-state index is 12.9. The standard InChI is InChI=1S/C30H37N7O3S/c1-20-16-23(8-10-26(20)21-12-14-36(15-13-21)19-28(31)38)33-29-32-18-24-9-11-27(37(24)34-29)22-6-5-7-25(17-22)41(39,40)35-30(2,3)4/h5-11,16-18,21,35H,12-15,19H2,1-4H3,(H2,31,38)(H,33,34). The molecule has 0 saturated carbocycles. The molecule has 0 spiro atoms. The zero-order valence-corrected chi connectivity index (χ0v) is 24.7. The minimum atomic E-state index is -3.68. The van der Waals surface area contributed by atoms with E-state index in [-0.39, 0.29) is 10.8 Å². The molecule has 0 bridgehead atoms. The second-order valence-corrected chi connectivity index (χ2v) is 13.4. The number of nitrogens with one attached hydrogen (secondary N) is 2. The van der Waals surface area contributed by atoms with E-state index in [9.17, 15) is 13.2 Å². The molecule has 1 amide bonds. The van der Waals surface area contributed by atoms with E-state index in [4.69, 9.17) is 10.8 Å². The number of benzene rings is 2. The molecule has 11 heteroatoms. The van der Waals surface area contributed by atoms with Crippen molar-refractivity contribution in [2.24, 2.45) is 5.73 Å². The van der Waals surface area contributed by atoms with Gasteiger partial charge in [0.25, 0.3) is 0 Å². The highest BCUT2D eigenvalue weighted by Gasteiger charge is 2.24. The van der Waals surface area contributed by atoms with Crippen LogP contribution in [-0.2, 0) is 14.8 Å². The molecule has 0 radical (unpaired) electrons. The zero-order valence-electron chi connectivity index (χ0n) is 23.9. The molecule has 2 aromatic heterocycles.